The Balaban J connectivity index is 1.90. The summed E-state index contributed by atoms with van der Waals surface area (Å²) in [6, 6.07) is 8.01. The van der Waals surface area contributed by atoms with E-state index in [1.54, 1.807) is 7.11 Å². The van der Waals surface area contributed by atoms with Gasteiger partial charge in [-0.1, -0.05) is 6.07 Å². The van der Waals surface area contributed by atoms with E-state index in [4.69, 9.17) is 9.15 Å². The fourth-order valence-corrected chi connectivity index (χ4v) is 1.69. The molecule has 2 aromatic heterocycles. The number of rotatable bonds is 5. The van der Waals surface area contributed by atoms with E-state index in [0.29, 0.717) is 5.88 Å². The Bertz CT molecular complexity index is 491. The molecule has 4 nitrogen and oxygen atoms in total. The van der Waals surface area contributed by atoms with Crippen molar-refractivity contribution in [2.45, 2.75) is 26.4 Å². The zero-order valence-corrected chi connectivity index (χ0v) is 10.9. The number of nitrogens with one attached hydrogen (secondary N) is 1. The summed E-state index contributed by atoms with van der Waals surface area (Å²) in [5.74, 6) is 2.52. The second-order valence-corrected chi connectivity index (χ2v) is 4.26. The normalized spacial score (nSPS) is 12.4. The first kappa shape index (κ1) is 12.6. The highest BCUT2D eigenvalue weighted by Gasteiger charge is 2.08. The molecule has 0 radical (unpaired) electrons. The molecule has 1 unspecified atom stereocenters. The van der Waals surface area contributed by atoms with Gasteiger partial charge in [0.05, 0.1) is 13.2 Å². The van der Waals surface area contributed by atoms with E-state index in [-0.39, 0.29) is 6.04 Å². The van der Waals surface area contributed by atoms with Crippen molar-refractivity contribution in [3.63, 3.8) is 0 Å². The highest BCUT2D eigenvalue weighted by Crippen LogP contribution is 2.16. The molecular formula is C14H18N2O2. The molecule has 1 N–H and O–H groups in total. The number of nitrogens with zero attached hydrogens (tertiary/aromatic N) is 1. The minimum atomic E-state index is 0.181. The molecule has 18 heavy (non-hydrogen) atoms. The third-order valence-electron chi connectivity index (χ3n) is 2.81. The lowest BCUT2D eigenvalue weighted by Gasteiger charge is -2.11. The van der Waals surface area contributed by atoms with E-state index in [2.05, 4.69) is 17.2 Å². The molecule has 2 aromatic rings. The van der Waals surface area contributed by atoms with Gasteiger partial charge in [-0.3, -0.25) is 0 Å². The largest absolute Gasteiger partial charge is 0.481 e. The Kier molecular flexibility index (Phi) is 3.99. The topological polar surface area (TPSA) is 47.3 Å². The van der Waals surface area contributed by atoms with Gasteiger partial charge in [-0.05, 0) is 31.5 Å². The van der Waals surface area contributed by atoms with Crippen LogP contribution in [0.4, 0.5) is 0 Å². The zero-order valence-electron chi connectivity index (χ0n) is 10.9. The van der Waals surface area contributed by atoms with Crippen LogP contribution in [0.25, 0.3) is 0 Å². The van der Waals surface area contributed by atoms with Gasteiger partial charge in [0, 0.05) is 18.8 Å². The van der Waals surface area contributed by atoms with Crippen molar-refractivity contribution in [1.82, 2.24) is 10.3 Å². The summed E-state index contributed by atoms with van der Waals surface area (Å²) in [4.78, 5) is 4.17. The Hall–Kier alpha value is -1.81. The first-order chi connectivity index (χ1) is 8.69. The molecule has 1 atom stereocenters. The molecule has 0 aliphatic carbocycles. The van der Waals surface area contributed by atoms with Crippen LogP contribution < -0.4 is 10.1 Å². The first-order valence-electron chi connectivity index (χ1n) is 5.97. The molecule has 96 valence electrons. The minimum Gasteiger partial charge on any atom is -0.481 e. The van der Waals surface area contributed by atoms with Crippen molar-refractivity contribution >= 4 is 0 Å². The fourth-order valence-electron chi connectivity index (χ4n) is 1.69. The lowest BCUT2D eigenvalue weighted by Crippen LogP contribution is -2.17. The predicted molar refractivity (Wildman–Crippen MR) is 69.5 cm³/mol. The lowest BCUT2D eigenvalue weighted by molar-refractivity contribution is 0.396. The van der Waals surface area contributed by atoms with E-state index >= 15 is 0 Å². The Labute approximate surface area is 107 Å². The molecule has 4 heteroatoms. The number of ether oxygens (including phenoxy) is 1. The third-order valence-corrected chi connectivity index (χ3v) is 2.81. The van der Waals surface area contributed by atoms with Crippen molar-refractivity contribution in [2.75, 3.05) is 7.11 Å². The molecule has 0 bridgehead atoms. The molecule has 0 amide bonds. The van der Waals surface area contributed by atoms with E-state index < -0.39 is 0 Å². The average Bonchev–Trinajstić information content (AvgIpc) is 2.83. The Morgan fingerprint density at radius 1 is 1.33 bits per heavy atom. The first-order valence-corrected chi connectivity index (χ1v) is 5.97. The van der Waals surface area contributed by atoms with Crippen LogP contribution in [0.1, 0.15) is 30.0 Å². The highest BCUT2D eigenvalue weighted by molar-refractivity contribution is 5.18. The molecule has 2 heterocycles. The summed E-state index contributed by atoms with van der Waals surface area (Å²) < 4.78 is 10.6. The molecule has 0 spiro atoms. The summed E-state index contributed by atoms with van der Waals surface area (Å²) in [5.41, 5.74) is 1.12. The van der Waals surface area contributed by atoms with Gasteiger partial charge >= 0.3 is 0 Å². The smallest absolute Gasteiger partial charge is 0.212 e. The van der Waals surface area contributed by atoms with Crippen LogP contribution in [0.3, 0.4) is 0 Å². The van der Waals surface area contributed by atoms with E-state index in [1.807, 2.05) is 37.4 Å². The van der Waals surface area contributed by atoms with Crippen LogP contribution in [0.15, 0.2) is 34.9 Å². The SMILES string of the molecule is COc1ccc(CNC(C)c2ccc(C)o2)cn1. The summed E-state index contributed by atoms with van der Waals surface area (Å²) in [7, 11) is 1.61. The van der Waals surface area contributed by atoms with Gasteiger partial charge in [-0.15, -0.1) is 0 Å². The maximum atomic E-state index is 5.57. The molecular weight excluding hydrogens is 228 g/mol. The van der Waals surface area contributed by atoms with Crippen molar-refractivity contribution in [2.24, 2.45) is 0 Å². The number of hydrogen-bond acceptors (Lipinski definition) is 4. The minimum absolute atomic E-state index is 0.181. The molecule has 0 aliphatic heterocycles. The van der Waals surface area contributed by atoms with Crippen LogP contribution in [0, 0.1) is 6.92 Å². The second kappa shape index (κ2) is 5.69. The van der Waals surface area contributed by atoms with Crippen LogP contribution in [0.2, 0.25) is 0 Å². The van der Waals surface area contributed by atoms with Crippen molar-refractivity contribution in [3.8, 4) is 5.88 Å². The van der Waals surface area contributed by atoms with E-state index in [9.17, 15) is 0 Å². The van der Waals surface area contributed by atoms with Crippen LogP contribution in [-0.2, 0) is 6.54 Å². The van der Waals surface area contributed by atoms with Gasteiger partial charge in [0.25, 0.3) is 0 Å². The summed E-state index contributed by atoms with van der Waals surface area (Å²) in [5, 5.41) is 3.39. The molecule has 2 rings (SSSR count). The quantitative estimate of drug-likeness (QED) is 0.881. The highest BCUT2D eigenvalue weighted by atomic mass is 16.5. The third kappa shape index (κ3) is 3.11. The fraction of sp³-hybridized carbons (Fsp3) is 0.357. The van der Waals surface area contributed by atoms with Gasteiger partial charge < -0.3 is 14.5 Å². The van der Waals surface area contributed by atoms with Crippen LogP contribution in [-0.4, -0.2) is 12.1 Å². The molecule has 0 aliphatic rings. The van der Waals surface area contributed by atoms with Crippen molar-refractivity contribution < 1.29 is 9.15 Å². The number of pyridine rings is 1. The molecule has 0 saturated heterocycles. The number of furan rings is 1. The van der Waals surface area contributed by atoms with Crippen LogP contribution in [0.5, 0.6) is 5.88 Å². The molecule has 0 aromatic carbocycles. The van der Waals surface area contributed by atoms with Crippen molar-refractivity contribution in [1.29, 1.82) is 0 Å². The van der Waals surface area contributed by atoms with Gasteiger partial charge in [0.2, 0.25) is 5.88 Å². The summed E-state index contributed by atoms with van der Waals surface area (Å²) >= 11 is 0. The summed E-state index contributed by atoms with van der Waals surface area (Å²) in [6.07, 6.45) is 1.81. The van der Waals surface area contributed by atoms with E-state index in [0.717, 1.165) is 23.6 Å². The number of methoxy groups -OCH3 is 1. The number of aryl methyl sites for hydroxylation is 1. The summed E-state index contributed by atoms with van der Waals surface area (Å²) in [6.45, 7) is 4.77. The standard InChI is InChI=1S/C14H18N2O2/c1-10-4-6-13(18-10)11(2)15-8-12-5-7-14(17-3)16-9-12/h4-7,9,11,15H,8H2,1-3H3. The maximum Gasteiger partial charge on any atom is 0.212 e. The van der Waals surface area contributed by atoms with Gasteiger partial charge in [-0.2, -0.15) is 0 Å². The number of aromatic nitrogens is 1. The van der Waals surface area contributed by atoms with Crippen LogP contribution >= 0.6 is 0 Å². The number of hydrogen-bond donors (Lipinski definition) is 1. The van der Waals surface area contributed by atoms with Gasteiger partial charge in [0.1, 0.15) is 11.5 Å². The second-order valence-electron chi connectivity index (χ2n) is 4.26. The zero-order chi connectivity index (χ0) is 13.0. The Morgan fingerprint density at radius 3 is 2.72 bits per heavy atom. The predicted octanol–water partition coefficient (Wildman–Crippen LogP) is 2.84. The lowest BCUT2D eigenvalue weighted by atomic mass is 10.2. The maximum absolute atomic E-state index is 5.57. The molecule has 0 saturated carbocycles. The van der Waals surface area contributed by atoms with E-state index in [1.165, 1.54) is 0 Å². The monoisotopic (exact) mass is 246 g/mol. The van der Waals surface area contributed by atoms with Gasteiger partial charge in [-0.25, -0.2) is 4.98 Å². The van der Waals surface area contributed by atoms with Crippen molar-refractivity contribution in [3.05, 3.63) is 47.5 Å². The molecule has 0 fully saturated rings. The Morgan fingerprint density at radius 2 is 2.17 bits per heavy atom. The average molecular weight is 246 g/mol. The van der Waals surface area contributed by atoms with Gasteiger partial charge in [0.15, 0.2) is 0 Å².